The molecule has 1 heterocycles. The quantitative estimate of drug-likeness (QED) is 0.297. The van der Waals surface area contributed by atoms with E-state index in [0.717, 1.165) is 9.13 Å². The Morgan fingerprint density at radius 1 is 1.17 bits per heavy atom. The van der Waals surface area contributed by atoms with Gasteiger partial charge in [0.1, 0.15) is 0 Å². The van der Waals surface area contributed by atoms with Crippen molar-refractivity contribution in [2.45, 2.75) is 11.7 Å². The zero-order valence-corrected chi connectivity index (χ0v) is 13.5. The van der Waals surface area contributed by atoms with Gasteiger partial charge in [-0.15, -0.1) is 0 Å². The maximum absolute atomic E-state index is 12.8. The van der Waals surface area contributed by atoms with Gasteiger partial charge < -0.3 is 4.55 Å². The van der Waals surface area contributed by atoms with Crippen LogP contribution in [0.15, 0.2) is 18.2 Å². The highest BCUT2D eigenvalue weighted by atomic mass is 35.5. The molecule has 24 heavy (non-hydrogen) atoms. The topological polar surface area (TPSA) is 66.0 Å². The molecular formula is C11H9ClF6N2O3S. The smallest absolute Gasteiger partial charge is 0.495 e. The highest BCUT2D eigenvalue weighted by Crippen LogP contribution is 2.30. The Hall–Kier alpha value is -1.53. The Bertz CT molecular complexity index is 857. The number of fused-ring (bicyclic) bond motifs is 1. The van der Waals surface area contributed by atoms with Crippen molar-refractivity contribution < 1.29 is 43.9 Å². The van der Waals surface area contributed by atoms with Gasteiger partial charge in [-0.3, -0.25) is 0 Å². The lowest BCUT2D eigenvalue weighted by Crippen LogP contribution is -2.37. The van der Waals surface area contributed by atoms with Crippen LogP contribution in [0.3, 0.4) is 0 Å². The van der Waals surface area contributed by atoms with E-state index in [1.165, 1.54) is 20.2 Å². The molecule has 1 aromatic carbocycles. The van der Waals surface area contributed by atoms with Crippen LogP contribution in [0.2, 0.25) is 5.02 Å². The van der Waals surface area contributed by atoms with Gasteiger partial charge in [0.25, 0.3) is 0 Å². The number of hydrogen-bond donors (Lipinski definition) is 0. The molecule has 0 radical (unpaired) electrons. The van der Waals surface area contributed by atoms with Crippen molar-refractivity contribution >= 4 is 32.8 Å². The van der Waals surface area contributed by atoms with E-state index < -0.39 is 27.6 Å². The molecule has 0 aliphatic rings. The number of hydrogen-bond acceptors (Lipinski definition) is 3. The second-order valence-electron chi connectivity index (χ2n) is 4.47. The first-order valence-corrected chi connectivity index (χ1v) is 7.59. The molecule has 0 spiro atoms. The minimum atomic E-state index is -6.09. The summed E-state index contributed by atoms with van der Waals surface area (Å²) in [4.78, 5) is 0. The van der Waals surface area contributed by atoms with E-state index in [9.17, 15) is 26.3 Å². The molecule has 0 N–H and O–H groups in total. The van der Waals surface area contributed by atoms with Crippen molar-refractivity contribution in [2.75, 3.05) is 0 Å². The molecule has 2 aromatic rings. The maximum Gasteiger partial charge on any atom is 0.495 e. The van der Waals surface area contributed by atoms with Gasteiger partial charge in [-0.2, -0.15) is 26.3 Å². The third-order valence-corrected chi connectivity index (χ3v) is 3.63. The van der Waals surface area contributed by atoms with E-state index in [4.69, 9.17) is 24.6 Å². The summed E-state index contributed by atoms with van der Waals surface area (Å²) in [6.45, 7) is 0. The van der Waals surface area contributed by atoms with Gasteiger partial charge in [-0.25, -0.2) is 17.6 Å². The maximum atomic E-state index is 12.8. The van der Waals surface area contributed by atoms with Crippen molar-refractivity contribution in [3.05, 3.63) is 29.0 Å². The summed E-state index contributed by atoms with van der Waals surface area (Å²) in [6.07, 6.45) is -4.38. The number of benzene rings is 1. The summed E-state index contributed by atoms with van der Waals surface area (Å²) >= 11 is 5.76. The third kappa shape index (κ3) is 4.30. The monoisotopic (exact) mass is 398 g/mol. The molecule has 0 atom stereocenters. The summed E-state index contributed by atoms with van der Waals surface area (Å²) in [5.74, 6) is -0.704. The highest BCUT2D eigenvalue weighted by molar-refractivity contribution is 7.86. The Morgan fingerprint density at radius 2 is 1.62 bits per heavy atom. The van der Waals surface area contributed by atoms with Crippen LogP contribution in [-0.2, 0) is 30.4 Å². The molecule has 136 valence electrons. The van der Waals surface area contributed by atoms with Crippen LogP contribution >= 0.6 is 11.6 Å². The number of imidazole rings is 1. The first kappa shape index (κ1) is 20.5. The number of rotatable bonds is 0. The van der Waals surface area contributed by atoms with Crippen molar-refractivity contribution in [2.24, 2.45) is 14.1 Å². The fraction of sp³-hybridized carbons (Fsp3) is 0.364. The Labute approximate surface area is 136 Å². The summed E-state index contributed by atoms with van der Waals surface area (Å²) in [7, 11) is -3.33. The number of nitrogens with zero attached hydrogens (tertiary/aromatic N) is 2. The van der Waals surface area contributed by atoms with Crippen LogP contribution in [-0.4, -0.2) is 23.0 Å². The minimum absolute atomic E-state index is 0.419. The molecule has 0 unspecified atom stereocenters. The number of halogens is 7. The van der Waals surface area contributed by atoms with Crippen molar-refractivity contribution in [3.8, 4) is 0 Å². The molecule has 0 aliphatic heterocycles. The molecule has 0 saturated carbocycles. The predicted octanol–water partition coefficient (Wildman–Crippen LogP) is 2.73. The van der Waals surface area contributed by atoms with Gasteiger partial charge in [-0.05, 0) is 12.1 Å². The summed E-state index contributed by atoms with van der Waals surface area (Å²) in [5.41, 5.74) is -4.69. The van der Waals surface area contributed by atoms with E-state index in [1.54, 1.807) is 12.1 Å². The molecule has 13 heteroatoms. The van der Waals surface area contributed by atoms with E-state index in [0.29, 0.717) is 16.1 Å². The minimum Gasteiger partial charge on any atom is -0.741 e. The van der Waals surface area contributed by atoms with Crippen molar-refractivity contribution in [3.63, 3.8) is 0 Å². The summed E-state index contributed by atoms with van der Waals surface area (Å²) in [6, 6.07) is 4.67. The lowest BCUT2D eigenvalue weighted by Gasteiger charge is -2.08. The fourth-order valence-electron chi connectivity index (χ4n) is 1.88. The van der Waals surface area contributed by atoms with Gasteiger partial charge in [0, 0.05) is 11.1 Å². The summed E-state index contributed by atoms with van der Waals surface area (Å²) in [5, 5.41) is 0.419. The van der Waals surface area contributed by atoms with E-state index in [2.05, 4.69) is 0 Å². The van der Waals surface area contributed by atoms with E-state index in [1.807, 2.05) is 0 Å². The van der Waals surface area contributed by atoms with Crippen LogP contribution in [0.25, 0.3) is 11.0 Å². The largest absolute Gasteiger partial charge is 0.741 e. The average molecular weight is 399 g/mol. The van der Waals surface area contributed by atoms with Crippen LogP contribution in [0.5, 0.6) is 0 Å². The third-order valence-electron chi connectivity index (χ3n) is 2.83. The fourth-order valence-corrected chi connectivity index (χ4v) is 2.05. The van der Waals surface area contributed by atoms with Gasteiger partial charge in [-0.1, -0.05) is 11.6 Å². The molecule has 0 amide bonds. The summed E-state index contributed by atoms with van der Waals surface area (Å²) < 4.78 is 99.4. The molecule has 0 fully saturated rings. The van der Waals surface area contributed by atoms with E-state index in [-0.39, 0.29) is 0 Å². The lowest BCUT2D eigenvalue weighted by molar-refractivity contribution is -0.667. The van der Waals surface area contributed by atoms with Crippen LogP contribution in [0.4, 0.5) is 26.3 Å². The first-order chi connectivity index (χ1) is 10.6. The number of aryl methyl sites for hydroxylation is 2. The first-order valence-electron chi connectivity index (χ1n) is 5.80. The van der Waals surface area contributed by atoms with Crippen LogP contribution < -0.4 is 4.57 Å². The lowest BCUT2D eigenvalue weighted by atomic mass is 10.3. The molecule has 1 aromatic heterocycles. The average Bonchev–Trinajstić information content (AvgIpc) is 2.59. The normalized spacial score (nSPS) is 12.9. The van der Waals surface area contributed by atoms with Crippen LogP contribution in [0, 0.1) is 0 Å². The van der Waals surface area contributed by atoms with Crippen LogP contribution in [0.1, 0.15) is 5.82 Å². The Morgan fingerprint density at radius 3 is 2.00 bits per heavy atom. The van der Waals surface area contributed by atoms with E-state index >= 15 is 0 Å². The molecule has 0 bridgehead atoms. The molecule has 5 nitrogen and oxygen atoms in total. The number of aromatic nitrogens is 2. The van der Waals surface area contributed by atoms with Gasteiger partial charge in [0.15, 0.2) is 21.2 Å². The molecular weight excluding hydrogens is 390 g/mol. The highest BCUT2D eigenvalue weighted by Gasteiger charge is 2.45. The predicted molar refractivity (Wildman–Crippen MR) is 69.9 cm³/mol. The zero-order valence-electron chi connectivity index (χ0n) is 11.9. The van der Waals surface area contributed by atoms with Gasteiger partial charge in [0.2, 0.25) is 0 Å². The zero-order chi connectivity index (χ0) is 19.1. The standard InChI is InChI=1S/C10H9ClF3N2.CHF3O3S/c1-15-7-4-3-6(11)5-8(7)16(2)9(15)10(12,13)14;2-1(3,4)8(5,6)7/h3-5H,1-2H3;(H,5,6,7)/q+1;/p-1. The molecule has 0 saturated heterocycles. The second kappa shape index (κ2) is 6.41. The van der Waals surface area contributed by atoms with Gasteiger partial charge >= 0.3 is 17.5 Å². The van der Waals surface area contributed by atoms with Crippen molar-refractivity contribution in [1.29, 1.82) is 0 Å². The SMILES string of the molecule is Cn1c(C(F)(F)F)[n+](C)c2ccc(Cl)cc21.O=S(=O)([O-])C(F)(F)F. The molecule has 2 rings (SSSR count). The van der Waals surface area contributed by atoms with Crippen molar-refractivity contribution in [1.82, 2.24) is 4.57 Å². The molecule has 0 aliphatic carbocycles. The number of alkyl halides is 6. The second-order valence-corrected chi connectivity index (χ2v) is 6.28. The Kier molecular flexibility index (Phi) is 5.48. The Balaban J connectivity index is 0.000000307. The van der Waals surface area contributed by atoms with Gasteiger partial charge in [0.05, 0.1) is 14.1 Å².